The molecule has 5 heteroatoms. The molecule has 0 saturated carbocycles. The summed E-state index contributed by atoms with van der Waals surface area (Å²) < 4.78 is 10.8. The molecule has 1 aromatic rings. The fourth-order valence-corrected chi connectivity index (χ4v) is 2.06. The predicted octanol–water partition coefficient (Wildman–Crippen LogP) is 1.18. The van der Waals surface area contributed by atoms with Crippen molar-refractivity contribution in [3.63, 3.8) is 0 Å². The molecule has 1 unspecified atom stereocenters. The molecule has 1 aliphatic heterocycles. The van der Waals surface area contributed by atoms with Gasteiger partial charge in [0.1, 0.15) is 5.75 Å². The van der Waals surface area contributed by atoms with E-state index in [2.05, 4.69) is 5.32 Å². The van der Waals surface area contributed by atoms with Gasteiger partial charge in [0.25, 0.3) is 5.91 Å². The van der Waals surface area contributed by atoms with E-state index in [1.807, 2.05) is 12.1 Å². The summed E-state index contributed by atoms with van der Waals surface area (Å²) in [4.78, 5) is 12.0. The molecule has 0 aliphatic carbocycles. The minimum absolute atomic E-state index is 0.0505. The molecule has 1 aliphatic rings. The van der Waals surface area contributed by atoms with Gasteiger partial charge in [0.05, 0.1) is 13.2 Å². The summed E-state index contributed by atoms with van der Waals surface area (Å²) >= 11 is 0. The Morgan fingerprint density at radius 1 is 1.40 bits per heavy atom. The normalized spacial score (nSPS) is 17.9. The predicted molar refractivity (Wildman–Crippen MR) is 76.9 cm³/mol. The van der Waals surface area contributed by atoms with Crippen LogP contribution in [0.5, 0.6) is 5.75 Å². The molecule has 1 saturated heterocycles. The number of ether oxygens (including phenoxy) is 2. The fourth-order valence-electron chi connectivity index (χ4n) is 2.06. The first kappa shape index (κ1) is 14.8. The van der Waals surface area contributed by atoms with E-state index in [-0.39, 0.29) is 5.91 Å². The molecule has 1 fully saturated rings. The minimum Gasteiger partial charge on any atom is -0.494 e. The smallest absolute Gasteiger partial charge is 0.251 e. The van der Waals surface area contributed by atoms with Gasteiger partial charge in [-0.3, -0.25) is 4.79 Å². The third kappa shape index (κ3) is 4.51. The van der Waals surface area contributed by atoms with Gasteiger partial charge in [-0.05, 0) is 43.7 Å². The summed E-state index contributed by atoms with van der Waals surface area (Å²) in [5.41, 5.74) is 6.05. The van der Waals surface area contributed by atoms with Crippen LogP contribution in [0.15, 0.2) is 24.3 Å². The van der Waals surface area contributed by atoms with E-state index < -0.39 is 0 Å². The number of benzene rings is 1. The Morgan fingerprint density at radius 2 is 2.20 bits per heavy atom. The number of nitrogens with one attached hydrogen (secondary N) is 1. The third-order valence-corrected chi connectivity index (χ3v) is 3.31. The molecule has 0 aromatic heterocycles. The highest BCUT2D eigenvalue weighted by Gasteiger charge is 2.16. The van der Waals surface area contributed by atoms with Gasteiger partial charge >= 0.3 is 0 Å². The molecule has 3 N–H and O–H groups in total. The van der Waals surface area contributed by atoms with Crippen LogP contribution in [0.25, 0.3) is 0 Å². The SMILES string of the molecule is NCCCOc1ccc(C(=O)NCC2CCOC2)cc1. The number of hydrogen-bond donors (Lipinski definition) is 2. The maximum Gasteiger partial charge on any atom is 0.251 e. The third-order valence-electron chi connectivity index (χ3n) is 3.31. The number of nitrogens with two attached hydrogens (primary N) is 1. The van der Waals surface area contributed by atoms with Crippen molar-refractivity contribution in [3.05, 3.63) is 29.8 Å². The number of hydrogen-bond acceptors (Lipinski definition) is 4. The lowest BCUT2D eigenvalue weighted by Crippen LogP contribution is -2.29. The van der Waals surface area contributed by atoms with Crippen molar-refractivity contribution >= 4 is 5.91 Å². The van der Waals surface area contributed by atoms with Crippen molar-refractivity contribution < 1.29 is 14.3 Å². The summed E-state index contributed by atoms with van der Waals surface area (Å²) in [6.45, 7) is 3.44. The highest BCUT2D eigenvalue weighted by atomic mass is 16.5. The van der Waals surface area contributed by atoms with Gasteiger partial charge in [-0.2, -0.15) is 0 Å². The van der Waals surface area contributed by atoms with Crippen molar-refractivity contribution in [1.82, 2.24) is 5.32 Å². The Morgan fingerprint density at radius 3 is 2.85 bits per heavy atom. The van der Waals surface area contributed by atoms with Crippen molar-refractivity contribution in [2.24, 2.45) is 11.7 Å². The second-order valence-electron chi connectivity index (χ2n) is 4.95. The minimum atomic E-state index is -0.0505. The number of amides is 1. The zero-order valence-electron chi connectivity index (χ0n) is 11.6. The first-order valence-electron chi connectivity index (χ1n) is 7.08. The van der Waals surface area contributed by atoms with Crippen LogP contribution in [0.1, 0.15) is 23.2 Å². The molecule has 0 spiro atoms. The Bertz CT molecular complexity index is 414. The average molecular weight is 278 g/mol. The summed E-state index contributed by atoms with van der Waals surface area (Å²) in [5, 5.41) is 2.94. The number of carbonyl (C=O) groups is 1. The molecule has 0 bridgehead atoms. The van der Waals surface area contributed by atoms with Crippen LogP contribution in [0.3, 0.4) is 0 Å². The molecule has 2 rings (SSSR count). The average Bonchev–Trinajstić information content (AvgIpc) is 2.99. The standard InChI is InChI=1S/C15H22N2O3/c16-7-1-8-20-14-4-2-13(3-5-14)15(18)17-10-12-6-9-19-11-12/h2-5,12H,1,6-11,16H2,(H,17,18). The van der Waals surface area contributed by atoms with Gasteiger partial charge < -0.3 is 20.5 Å². The Labute approximate surface area is 119 Å². The van der Waals surface area contributed by atoms with Crippen LogP contribution in [-0.2, 0) is 4.74 Å². The highest BCUT2D eigenvalue weighted by molar-refractivity contribution is 5.94. The van der Waals surface area contributed by atoms with Crippen molar-refractivity contribution in [3.8, 4) is 5.75 Å². The van der Waals surface area contributed by atoms with Crippen LogP contribution < -0.4 is 15.8 Å². The molecule has 1 aromatic carbocycles. The summed E-state index contributed by atoms with van der Waals surface area (Å²) in [6.07, 6.45) is 1.85. The Kier molecular flexibility index (Phi) is 5.83. The van der Waals surface area contributed by atoms with Crippen LogP contribution in [0, 0.1) is 5.92 Å². The number of rotatable bonds is 7. The first-order chi connectivity index (χ1) is 9.79. The van der Waals surface area contributed by atoms with Gasteiger partial charge in [-0.15, -0.1) is 0 Å². The number of carbonyl (C=O) groups excluding carboxylic acids is 1. The molecule has 1 atom stereocenters. The Hall–Kier alpha value is -1.59. The van der Waals surface area contributed by atoms with E-state index in [1.165, 1.54) is 0 Å². The molecule has 1 amide bonds. The lowest BCUT2D eigenvalue weighted by atomic mass is 10.1. The molecule has 5 nitrogen and oxygen atoms in total. The van der Waals surface area contributed by atoms with Gasteiger partial charge in [0.15, 0.2) is 0 Å². The van der Waals surface area contributed by atoms with Crippen LogP contribution in [0.2, 0.25) is 0 Å². The largest absolute Gasteiger partial charge is 0.494 e. The van der Waals surface area contributed by atoms with Crippen LogP contribution >= 0.6 is 0 Å². The molecular weight excluding hydrogens is 256 g/mol. The van der Waals surface area contributed by atoms with Crippen LogP contribution in [0.4, 0.5) is 0 Å². The maximum atomic E-state index is 12.0. The van der Waals surface area contributed by atoms with Crippen molar-refractivity contribution in [2.45, 2.75) is 12.8 Å². The lowest BCUT2D eigenvalue weighted by Gasteiger charge is -2.10. The second-order valence-corrected chi connectivity index (χ2v) is 4.95. The van der Waals surface area contributed by atoms with Crippen molar-refractivity contribution in [1.29, 1.82) is 0 Å². The summed E-state index contributed by atoms with van der Waals surface area (Å²) in [6, 6.07) is 7.17. The molecule has 1 heterocycles. The fraction of sp³-hybridized carbons (Fsp3) is 0.533. The maximum absolute atomic E-state index is 12.0. The Balaban J connectivity index is 1.77. The first-order valence-corrected chi connectivity index (χ1v) is 7.08. The monoisotopic (exact) mass is 278 g/mol. The highest BCUT2D eigenvalue weighted by Crippen LogP contribution is 2.13. The van der Waals surface area contributed by atoms with Gasteiger partial charge in [-0.1, -0.05) is 0 Å². The van der Waals surface area contributed by atoms with Crippen LogP contribution in [-0.4, -0.2) is 38.8 Å². The van der Waals surface area contributed by atoms with E-state index >= 15 is 0 Å². The van der Waals surface area contributed by atoms with E-state index in [4.69, 9.17) is 15.2 Å². The lowest BCUT2D eigenvalue weighted by molar-refractivity contribution is 0.0945. The zero-order valence-corrected chi connectivity index (χ0v) is 11.6. The van der Waals surface area contributed by atoms with Gasteiger partial charge in [-0.25, -0.2) is 0 Å². The van der Waals surface area contributed by atoms with E-state index in [0.29, 0.717) is 31.2 Å². The van der Waals surface area contributed by atoms with E-state index in [0.717, 1.165) is 31.8 Å². The summed E-state index contributed by atoms with van der Waals surface area (Å²) in [5.74, 6) is 1.16. The summed E-state index contributed by atoms with van der Waals surface area (Å²) in [7, 11) is 0. The van der Waals surface area contributed by atoms with Gasteiger partial charge in [0, 0.05) is 24.6 Å². The zero-order chi connectivity index (χ0) is 14.2. The molecule has 110 valence electrons. The topological polar surface area (TPSA) is 73.6 Å². The molecular formula is C15H22N2O3. The van der Waals surface area contributed by atoms with E-state index in [9.17, 15) is 4.79 Å². The quantitative estimate of drug-likeness (QED) is 0.735. The second kappa shape index (κ2) is 7.87. The molecule has 20 heavy (non-hydrogen) atoms. The molecule has 0 radical (unpaired) electrons. The van der Waals surface area contributed by atoms with Gasteiger partial charge in [0.2, 0.25) is 0 Å². The van der Waals surface area contributed by atoms with E-state index in [1.54, 1.807) is 12.1 Å². The van der Waals surface area contributed by atoms with Crippen molar-refractivity contribution in [2.75, 3.05) is 32.9 Å².